The Kier molecular flexibility index (Phi) is 4.29. The molecule has 1 heterocycles. The van der Waals surface area contributed by atoms with Crippen LogP contribution in [0.2, 0.25) is 0 Å². The van der Waals surface area contributed by atoms with Crippen LogP contribution in [0.1, 0.15) is 18.1 Å². The van der Waals surface area contributed by atoms with Crippen molar-refractivity contribution in [3.05, 3.63) is 45.8 Å². The van der Waals surface area contributed by atoms with E-state index in [1.54, 1.807) is 19.1 Å². The zero-order valence-corrected chi connectivity index (χ0v) is 11.7. The van der Waals surface area contributed by atoms with E-state index in [4.69, 9.17) is 10.6 Å². The Morgan fingerprint density at radius 2 is 2.19 bits per heavy atom. The molecule has 1 aromatic heterocycles. The van der Waals surface area contributed by atoms with Crippen LogP contribution in [0.5, 0.6) is 11.6 Å². The average Bonchev–Trinajstić information content (AvgIpc) is 2.48. The number of anilines is 1. The van der Waals surface area contributed by atoms with E-state index in [2.05, 4.69) is 15.4 Å². The summed E-state index contributed by atoms with van der Waals surface area (Å²) in [4.78, 5) is 18.6. The molecule has 8 heteroatoms. The fraction of sp³-hybridized carbons (Fsp3) is 0.231. The highest BCUT2D eigenvalue weighted by molar-refractivity contribution is 5.55. The SMILES string of the molecule is CCc1c(NN)ncnc1Oc1c(C)cccc1[N+](=O)[O-]. The maximum absolute atomic E-state index is 11.1. The molecule has 3 N–H and O–H groups in total. The number of nitrogen functional groups attached to an aromatic ring is 1. The van der Waals surface area contributed by atoms with E-state index < -0.39 is 4.92 Å². The summed E-state index contributed by atoms with van der Waals surface area (Å²) in [7, 11) is 0. The lowest BCUT2D eigenvalue weighted by molar-refractivity contribution is -0.385. The number of benzene rings is 1. The maximum atomic E-state index is 11.1. The molecule has 2 aromatic rings. The van der Waals surface area contributed by atoms with Gasteiger partial charge in [-0.05, 0) is 18.9 Å². The Labute approximate surface area is 121 Å². The zero-order chi connectivity index (χ0) is 15.4. The van der Waals surface area contributed by atoms with E-state index in [9.17, 15) is 10.1 Å². The lowest BCUT2D eigenvalue weighted by Crippen LogP contribution is -2.12. The summed E-state index contributed by atoms with van der Waals surface area (Å²) >= 11 is 0. The van der Waals surface area contributed by atoms with Crippen molar-refractivity contribution < 1.29 is 9.66 Å². The molecule has 0 amide bonds. The van der Waals surface area contributed by atoms with Crippen molar-refractivity contribution in [1.29, 1.82) is 0 Å². The van der Waals surface area contributed by atoms with Crippen LogP contribution < -0.4 is 16.0 Å². The first-order valence-corrected chi connectivity index (χ1v) is 6.30. The van der Waals surface area contributed by atoms with Crippen molar-refractivity contribution >= 4 is 11.5 Å². The molecule has 8 nitrogen and oxygen atoms in total. The highest BCUT2D eigenvalue weighted by Crippen LogP contribution is 2.35. The second kappa shape index (κ2) is 6.14. The molecule has 0 aliphatic rings. The summed E-state index contributed by atoms with van der Waals surface area (Å²) in [6.45, 7) is 3.62. The summed E-state index contributed by atoms with van der Waals surface area (Å²) in [5, 5.41) is 11.1. The Balaban J connectivity index is 2.51. The first-order valence-electron chi connectivity index (χ1n) is 6.30. The van der Waals surface area contributed by atoms with Crippen molar-refractivity contribution in [2.75, 3.05) is 5.43 Å². The topological polar surface area (TPSA) is 116 Å². The third-order valence-corrected chi connectivity index (χ3v) is 2.98. The Morgan fingerprint density at radius 3 is 2.81 bits per heavy atom. The van der Waals surface area contributed by atoms with E-state index in [-0.39, 0.29) is 17.3 Å². The van der Waals surface area contributed by atoms with E-state index in [0.717, 1.165) is 0 Å². The largest absolute Gasteiger partial charge is 0.431 e. The van der Waals surface area contributed by atoms with Crippen molar-refractivity contribution in [3.8, 4) is 11.6 Å². The normalized spacial score (nSPS) is 10.2. The average molecular weight is 289 g/mol. The number of nitro groups is 1. The highest BCUT2D eigenvalue weighted by atomic mass is 16.6. The number of para-hydroxylation sites is 1. The van der Waals surface area contributed by atoms with Gasteiger partial charge in [-0.1, -0.05) is 19.1 Å². The number of rotatable bonds is 5. The number of aryl methyl sites for hydroxylation is 1. The minimum atomic E-state index is -0.489. The molecule has 0 bridgehead atoms. The van der Waals surface area contributed by atoms with Gasteiger partial charge < -0.3 is 10.2 Å². The number of nitrogens with two attached hydrogens (primary N) is 1. The minimum Gasteiger partial charge on any atom is -0.431 e. The molecule has 1 aromatic carbocycles. The van der Waals surface area contributed by atoms with Gasteiger partial charge in [0.05, 0.1) is 10.5 Å². The molecule has 0 fully saturated rings. The van der Waals surface area contributed by atoms with Crippen LogP contribution in [0.25, 0.3) is 0 Å². The molecule has 0 unspecified atom stereocenters. The first kappa shape index (κ1) is 14.7. The molecule has 0 aliphatic carbocycles. The smallest absolute Gasteiger partial charge is 0.311 e. The van der Waals surface area contributed by atoms with Crippen LogP contribution in [0.4, 0.5) is 11.5 Å². The molecule has 21 heavy (non-hydrogen) atoms. The van der Waals surface area contributed by atoms with E-state index in [1.165, 1.54) is 12.4 Å². The fourth-order valence-electron chi connectivity index (χ4n) is 1.94. The third kappa shape index (κ3) is 2.90. The molecule has 0 atom stereocenters. The van der Waals surface area contributed by atoms with Crippen molar-refractivity contribution in [2.45, 2.75) is 20.3 Å². The second-order valence-corrected chi connectivity index (χ2v) is 4.29. The summed E-state index contributed by atoms with van der Waals surface area (Å²) in [5.41, 5.74) is 3.64. The molecule has 0 radical (unpaired) electrons. The first-order chi connectivity index (χ1) is 10.1. The van der Waals surface area contributed by atoms with E-state index in [0.29, 0.717) is 23.4 Å². The van der Waals surface area contributed by atoms with Gasteiger partial charge >= 0.3 is 5.69 Å². The summed E-state index contributed by atoms with van der Waals surface area (Å²) < 4.78 is 5.68. The van der Waals surface area contributed by atoms with Gasteiger partial charge in [-0.2, -0.15) is 0 Å². The molecule has 0 saturated heterocycles. The molecular weight excluding hydrogens is 274 g/mol. The molecular formula is C13H15N5O3. The minimum absolute atomic E-state index is 0.113. The second-order valence-electron chi connectivity index (χ2n) is 4.29. The highest BCUT2D eigenvalue weighted by Gasteiger charge is 2.20. The van der Waals surface area contributed by atoms with Gasteiger partial charge in [-0.25, -0.2) is 15.8 Å². The van der Waals surface area contributed by atoms with Gasteiger partial charge in [-0.15, -0.1) is 0 Å². The third-order valence-electron chi connectivity index (χ3n) is 2.98. The van der Waals surface area contributed by atoms with Crippen molar-refractivity contribution in [3.63, 3.8) is 0 Å². The van der Waals surface area contributed by atoms with Crippen LogP contribution >= 0.6 is 0 Å². The Hall–Kier alpha value is -2.74. The predicted molar refractivity (Wildman–Crippen MR) is 77.1 cm³/mol. The number of nitrogens with zero attached hydrogens (tertiary/aromatic N) is 3. The van der Waals surface area contributed by atoms with Crippen molar-refractivity contribution in [2.24, 2.45) is 5.84 Å². The number of ether oxygens (including phenoxy) is 1. The standard InChI is InChI=1S/C13H15N5O3/c1-3-9-12(17-14)15-7-16-13(9)21-11-8(2)5-4-6-10(11)18(19)20/h4-7H,3,14H2,1-2H3,(H,15,16,17). The number of nitro benzene ring substituents is 1. The molecule has 2 rings (SSSR count). The lowest BCUT2D eigenvalue weighted by atomic mass is 10.2. The van der Waals surface area contributed by atoms with Crippen LogP contribution in [0.15, 0.2) is 24.5 Å². The van der Waals surface area contributed by atoms with Crippen LogP contribution in [0.3, 0.4) is 0 Å². The van der Waals surface area contributed by atoms with Crippen molar-refractivity contribution in [1.82, 2.24) is 9.97 Å². The van der Waals surface area contributed by atoms with Crippen LogP contribution in [0, 0.1) is 17.0 Å². The van der Waals surface area contributed by atoms with Gasteiger partial charge in [-0.3, -0.25) is 10.1 Å². The fourth-order valence-corrected chi connectivity index (χ4v) is 1.94. The van der Waals surface area contributed by atoms with E-state index >= 15 is 0 Å². The Bertz CT molecular complexity index is 675. The van der Waals surface area contributed by atoms with E-state index in [1.807, 2.05) is 6.92 Å². The zero-order valence-electron chi connectivity index (χ0n) is 11.7. The van der Waals surface area contributed by atoms with Gasteiger partial charge in [0.15, 0.2) is 0 Å². The van der Waals surface area contributed by atoms with Gasteiger partial charge in [0.2, 0.25) is 11.6 Å². The number of aromatic nitrogens is 2. The number of hydrazine groups is 1. The molecule has 0 aliphatic heterocycles. The molecule has 110 valence electrons. The molecule has 0 saturated carbocycles. The Morgan fingerprint density at radius 1 is 1.43 bits per heavy atom. The quantitative estimate of drug-likeness (QED) is 0.493. The van der Waals surface area contributed by atoms with Crippen LogP contribution in [-0.2, 0) is 6.42 Å². The summed E-state index contributed by atoms with van der Waals surface area (Å²) in [5.74, 6) is 6.24. The number of hydrogen-bond acceptors (Lipinski definition) is 7. The molecule has 0 spiro atoms. The number of nitrogens with one attached hydrogen (secondary N) is 1. The predicted octanol–water partition coefficient (Wildman–Crippen LogP) is 2.33. The maximum Gasteiger partial charge on any atom is 0.311 e. The summed E-state index contributed by atoms with van der Waals surface area (Å²) in [6, 6.07) is 4.72. The lowest BCUT2D eigenvalue weighted by Gasteiger charge is -2.13. The number of hydrogen-bond donors (Lipinski definition) is 2. The van der Waals surface area contributed by atoms with Gasteiger partial charge in [0, 0.05) is 6.07 Å². The monoisotopic (exact) mass is 289 g/mol. The summed E-state index contributed by atoms with van der Waals surface area (Å²) in [6.07, 6.45) is 1.85. The van der Waals surface area contributed by atoms with Crippen LogP contribution in [-0.4, -0.2) is 14.9 Å². The van der Waals surface area contributed by atoms with Gasteiger partial charge in [0.25, 0.3) is 0 Å². The van der Waals surface area contributed by atoms with Gasteiger partial charge in [0.1, 0.15) is 12.1 Å².